The Kier molecular flexibility index (Phi) is 4.90. The number of aromatic nitrogens is 3. The second-order valence-corrected chi connectivity index (χ2v) is 13.1. The first-order chi connectivity index (χ1) is 17.7. The summed E-state index contributed by atoms with van der Waals surface area (Å²) in [5, 5.41) is 5.39. The number of fused-ring (bicyclic) bond motifs is 5. The van der Waals surface area contributed by atoms with E-state index in [9.17, 15) is 0 Å². The van der Waals surface area contributed by atoms with Gasteiger partial charge in [-0.25, -0.2) is 4.57 Å². The van der Waals surface area contributed by atoms with E-state index in [-0.39, 0.29) is 5.41 Å². The molecule has 0 spiro atoms. The van der Waals surface area contributed by atoms with Gasteiger partial charge in [0.1, 0.15) is 5.52 Å². The molecule has 6 aromatic rings. The van der Waals surface area contributed by atoms with Gasteiger partial charge >= 0.3 is 0 Å². The summed E-state index contributed by atoms with van der Waals surface area (Å²) in [6.45, 7) is 11.6. The molecular formula is C34H38N3+. The lowest BCUT2D eigenvalue weighted by atomic mass is 9.88. The molecule has 1 aliphatic carbocycles. The lowest BCUT2D eigenvalue weighted by molar-refractivity contribution is -0.646. The van der Waals surface area contributed by atoms with Crippen LogP contribution in [0.1, 0.15) is 68.7 Å². The molecule has 0 aliphatic heterocycles. The molecule has 0 bridgehead atoms. The summed E-state index contributed by atoms with van der Waals surface area (Å²) in [5.74, 6) is 0.810. The van der Waals surface area contributed by atoms with Crippen molar-refractivity contribution in [2.24, 2.45) is 18.4 Å². The lowest BCUT2D eigenvalue weighted by Crippen LogP contribution is -2.30. The van der Waals surface area contributed by atoms with E-state index in [0.717, 1.165) is 17.9 Å². The third kappa shape index (κ3) is 3.46. The number of pyridine rings is 1. The van der Waals surface area contributed by atoms with Crippen LogP contribution in [0, 0.1) is 25.2 Å². The first-order valence-electron chi connectivity index (χ1n) is 14.1. The van der Waals surface area contributed by atoms with E-state index in [4.69, 9.17) is 4.98 Å². The molecule has 188 valence electrons. The zero-order valence-electron chi connectivity index (χ0n) is 23.2. The van der Waals surface area contributed by atoms with Crippen LogP contribution in [0.15, 0.2) is 42.7 Å². The summed E-state index contributed by atoms with van der Waals surface area (Å²) in [4.78, 5) is 4.99. The smallest absolute Gasteiger partial charge is 0.287 e. The summed E-state index contributed by atoms with van der Waals surface area (Å²) >= 11 is 0. The van der Waals surface area contributed by atoms with Crippen LogP contribution in [0.4, 0.5) is 0 Å². The summed E-state index contributed by atoms with van der Waals surface area (Å²) in [5.41, 5.74) is 12.3. The molecule has 3 heterocycles. The molecule has 0 amide bonds. The van der Waals surface area contributed by atoms with Gasteiger partial charge in [-0.05, 0) is 89.5 Å². The Labute approximate surface area is 219 Å². The van der Waals surface area contributed by atoms with Gasteiger partial charge in [0.2, 0.25) is 0 Å². The van der Waals surface area contributed by atoms with Crippen LogP contribution < -0.4 is 4.57 Å². The van der Waals surface area contributed by atoms with Crippen LogP contribution in [-0.4, -0.2) is 9.38 Å². The Balaban J connectivity index is 1.68. The van der Waals surface area contributed by atoms with Crippen molar-refractivity contribution in [3.05, 3.63) is 65.0 Å². The Bertz CT molecular complexity index is 1840. The molecule has 1 fully saturated rings. The predicted molar refractivity (Wildman–Crippen MR) is 156 cm³/mol. The fourth-order valence-electron chi connectivity index (χ4n) is 7.25. The van der Waals surface area contributed by atoms with E-state index in [0.29, 0.717) is 0 Å². The van der Waals surface area contributed by atoms with E-state index in [1.165, 1.54) is 98.0 Å². The molecule has 1 saturated carbocycles. The van der Waals surface area contributed by atoms with E-state index in [2.05, 4.69) is 87.0 Å². The number of aryl methyl sites for hydroxylation is 3. The standard InChI is InChI=1S/C34H38N3/c1-20-13-26-25-12-11-23(18-34(3,4)5)16-28(25)37-29-17-24(14-22-9-7-8-10-22)15-27-31(29)33(36(6)19-35-27)30(21(20)2)32(26)37/h11-13,15-17,19,22H,7-10,14,18H2,1-6H3/q+1. The van der Waals surface area contributed by atoms with Gasteiger partial charge < -0.3 is 4.40 Å². The Morgan fingerprint density at radius 3 is 2.43 bits per heavy atom. The van der Waals surface area contributed by atoms with Crippen molar-refractivity contribution in [1.29, 1.82) is 0 Å². The molecule has 0 atom stereocenters. The Hall–Kier alpha value is -3.20. The normalized spacial score (nSPS) is 15.5. The molecule has 3 nitrogen and oxygen atoms in total. The van der Waals surface area contributed by atoms with Crippen LogP contribution in [-0.2, 0) is 19.9 Å². The lowest BCUT2D eigenvalue weighted by Gasteiger charge is -2.18. The molecule has 3 aromatic carbocycles. The first-order valence-corrected chi connectivity index (χ1v) is 14.1. The monoisotopic (exact) mass is 488 g/mol. The van der Waals surface area contributed by atoms with Crippen molar-refractivity contribution < 1.29 is 4.57 Å². The third-order valence-electron chi connectivity index (χ3n) is 8.96. The quantitative estimate of drug-likeness (QED) is 0.140. The van der Waals surface area contributed by atoms with Crippen LogP contribution >= 0.6 is 0 Å². The van der Waals surface area contributed by atoms with E-state index in [1.807, 2.05) is 6.33 Å². The highest BCUT2D eigenvalue weighted by molar-refractivity contribution is 6.25. The molecule has 3 aromatic heterocycles. The Morgan fingerprint density at radius 1 is 0.919 bits per heavy atom. The number of benzene rings is 3. The van der Waals surface area contributed by atoms with Crippen molar-refractivity contribution in [1.82, 2.24) is 9.38 Å². The summed E-state index contributed by atoms with van der Waals surface area (Å²) in [6.07, 6.45) is 9.75. The topological polar surface area (TPSA) is 21.2 Å². The molecule has 3 heteroatoms. The van der Waals surface area contributed by atoms with Gasteiger partial charge in [0.15, 0.2) is 5.52 Å². The highest BCUT2D eigenvalue weighted by Gasteiger charge is 2.26. The molecule has 7 rings (SSSR count). The molecule has 0 saturated heterocycles. The maximum atomic E-state index is 4.99. The van der Waals surface area contributed by atoms with Crippen molar-refractivity contribution in [3.8, 4) is 0 Å². The van der Waals surface area contributed by atoms with E-state index in [1.54, 1.807) is 0 Å². The van der Waals surface area contributed by atoms with Gasteiger partial charge in [-0.3, -0.25) is 0 Å². The van der Waals surface area contributed by atoms with Crippen molar-refractivity contribution in [3.63, 3.8) is 0 Å². The van der Waals surface area contributed by atoms with Crippen LogP contribution in [0.5, 0.6) is 0 Å². The van der Waals surface area contributed by atoms with E-state index < -0.39 is 0 Å². The summed E-state index contributed by atoms with van der Waals surface area (Å²) < 4.78 is 4.84. The average molecular weight is 489 g/mol. The van der Waals surface area contributed by atoms with Crippen LogP contribution in [0.3, 0.4) is 0 Å². The third-order valence-corrected chi connectivity index (χ3v) is 8.96. The zero-order chi connectivity index (χ0) is 25.6. The minimum Gasteiger partial charge on any atom is -0.308 e. The molecular weight excluding hydrogens is 450 g/mol. The van der Waals surface area contributed by atoms with Gasteiger partial charge in [0.25, 0.3) is 6.33 Å². The van der Waals surface area contributed by atoms with Gasteiger partial charge in [0, 0.05) is 10.8 Å². The molecule has 0 unspecified atom stereocenters. The van der Waals surface area contributed by atoms with Crippen molar-refractivity contribution >= 4 is 49.1 Å². The fourth-order valence-corrected chi connectivity index (χ4v) is 7.25. The summed E-state index contributed by atoms with van der Waals surface area (Å²) in [6, 6.07) is 14.5. The second-order valence-electron chi connectivity index (χ2n) is 13.1. The predicted octanol–water partition coefficient (Wildman–Crippen LogP) is 8.15. The molecule has 0 radical (unpaired) electrons. The van der Waals surface area contributed by atoms with Crippen LogP contribution in [0.25, 0.3) is 49.1 Å². The molecule has 37 heavy (non-hydrogen) atoms. The SMILES string of the molecule is Cc1cc2c3ccc(CC(C)(C)C)cc3n3c4cc(CC5CCCC5)cc5nc[n+](C)c(c(c1C)c23)c54. The number of rotatable bonds is 3. The maximum absolute atomic E-state index is 4.99. The molecule has 0 N–H and O–H groups in total. The van der Waals surface area contributed by atoms with Crippen molar-refractivity contribution in [2.75, 3.05) is 0 Å². The number of hydrogen-bond acceptors (Lipinski definition) is 1. The largest absolute Gasteiger partial charge is 0.308 e. The zero-order valence-corrected chi connectivity index (χ0v) is 23.2. The molecule has 1 aliphatic rings. The second kappa shape index (κ2) is 7.90. The maximum Gasteiger partial charge on any atom is 0.287 e. The number of hydrogen-bond donors (Lipinski definition) is 0. The van der Waals surface area contributed by atoms with Gasteiger partial charge in [-0.15, -0.1) is 0 Å². The van der Waals surface area contributed by atoms with Gasteiger partial charge in [-0.1, -0.05) is 58.6 Å². The first kappa shape index (κ1) is 23.0. The van der Waals surface area contributed by atoms with Crippen LogP contribution in [0.2, 0.25) is 0 Å². The van der Waals surface area contributed by atoms with Gasteiger partial charge in [-0.2, -0.15) is 0 Å². The highest BCUT2D eigenvalue weighted by atomic mass is 15.0. The summed E-state index contributed by atoms with van der Waals surface area (Å²) in [7, 11) is 2.16. The highest BCUT2D eigenvalue weighted by Crippen LogP contribution is 2.42. The minimum atomic E-state index is 0.249. The average Bonchev–Trinajstić information content (AvgIpc) is 3.45. The van der Waals surface area contributed by atoms with Crippen molar-refractivity contribution in [2.45, 2.75) is 73.1 Å². The number of nitrogens with zero attached hydrogens (tertiary/aromatic N) is 3. The van der Waals surface area contributed by atoms with Gasteiger partial charge in [0.05, 0.1) is 34.4 Å². The fraction of sp³-hybridized carbons (Fsp3) is 0.412. The minimum absolute atomic E-state index is 0.249. The Morgan fingerprint density at radius 2 is 1.68 bits per heavy atom. The van der Waals surface area contributed by atoms with E-state index >= 15 is 0 Å².